The molecule has 0 bridgehead atoms. The molecule has 1 amide bonds. The third-order valence-corrected chi connectivity index (χ3v) is 3.58. The van der Waals surface area contributed by atoms with Crippen molar-refractivity contribution in [2.24, 2.45) is 0 Å². The molecule has 1 heterocycles. The molecular weight excluding hydrogens is 285 g/mol. The Kier molecular flexibility index (Phi) is 4.11. The standard InChI is InChI=1S/C16H16FN3O2/c17-13-4-1-10(7-12(13)9-21)8-19-16(22)14-5-6-18-15(20-14)11-2-3-11/h1,4-7,11,21H,2-3,8-9H2,(H,19,22). The molecule has 2 N–H and O–H groups in total. The van der Waals surface area contributed by atoms with Crippen molar-refractivity contribution in [3.63, 3.8) is 0 Å². The van der Waals surface area contributed by atoms with E-state index in [2.05, 4.69) is 15.3 Å². The summed E-state index contributed by atoms with van der Waals surface area (Å²) in [6.45, 7) is -0.126. The number of aliphatic hydroxyl groups is 1. The molecular formula is C16H16FN3O2. The first kappa shape index (κ1) is 14.6. The fourth-order valence-electron chi connectivity index (χ4n) is 2.17. The molecule has 1 fully saturated rings. The van der Waals surface area contributed by atoms with E-state index >= 15 is 0 Å². The Bertz CT molecular complexity index is 702. The number of halogens is 1. The molecule has 1 aliphatic rings. The van der Waals surface area contributed by atoms with Gasteiger partial charge in [0.15, 0.2) is 0 Å². The van der Waals surface area contributed by atoms with E-state index in [1.807, 2.05) is 0 Å². The first-order valence-electron chi connectivity index (χ1n) is 7.16. The number of carbonyl (C=O) groups is 1. The number of aromatic nitrogens is 2. The molecule has 6 heteroatoms. The average Bonchev–Trinajstić information content (AvgIpc) is 3.39. The lowest BCUT2D eigenvalue weighted by Crippen LogP contribution is -2.24. The summed E-state index contributed by atoms with van der Waals surface area (Å²) >= 11 is 0. The molecule has 1 aromatic heterocycles. The molecule has 0 spiro atoms. The van der Waals surface area contributed by atoms with E-state index < -0.39 is 5.82 Å². The molecule has 3 rings (SSSR count). The number of hydrogen-bond acceptors (Lipinski definition) is 4. The minimum atomic E-state index is -0.456. The first-order chi connectivity index (χ1) is 10.7. The quantitative estimate of drug-likeness (QED) is 0.884. The van der Waals surface area contributed by atoms with Gasteiger partial charge in [0.2, 0.25) is 0 Å². The Morgan fingerprint density at radius 2 is 2.18 bits per heavy atom. The minimum absolute atomic E-state index is 0.213. The van der Waals surface area contributed by atoms with E-state index in [9.17, 15) is 9.18 Å². The lowest BCUT2D eigenvalue weighted by Gasteiger charge is -2.07. The molecule has 22 heavy (non-hydrogen) atoms. The number of hydrogen-bond donors (Lipinski definition) is 2. The third kappa shape index (κ3) is 3.28. The van der Waals surface area contributed by atoms with Crippen molar-refractivity contribution in [3.05, 3.63) is 58.9 Å². The van der Waals surface area contributed by atoms with Gasteiger partial charge in [0.05, 0.1) is 6.61 Å². The van der Waals surface area contributed by atoms with Gasteiger partial charge in [-0.15, -0.1) is 0 Å². The fourth-order valence-corrected chi connectivity index (χ4v) is 2.17. The van der Waals surface area contributed by atoms with Gasteiger partial charge < -0.3 is 10.4 Å². The highest BCUT2D eigenvalue weighted by Crippen LogP contribution is 2.37. The van der Waals surface area contributed by atoms with E-state index in [-0.39, 0.29) is 24.6 Å². The van der Waals surface area contributed by atoms with Crippen molar-refractivity contribution in [1.29, 1.82) is 0 Å². The second-order valence-corrected chi connectivity index (χ2v) is 5.34. The number of rotatable bonds is 5. The topological polar surface area (TPSA) is 75.1 Å². The molecule has 0 saturated heterocycles. The van der Waals surface area contributed by atoms with Gasteiger partial charge in [-0.05, 0) is 36.6 Å². The maximum absolute atomic E-state index is 13.3. The number of nitrogens with one attached hydrogen (secondary N) is 1. The predicted molar refractivity (Wildman–Crippen MR) is 77.5 cm³/mol. The van der Waals surface area contributed by atoms with Gasteiger partial charge >= 0.3 is 0 Å². The summed E-state index contributed by atoms with van der Waals surface area (Å²) in [4.78, 5) is 20.6. The van der Waals surface area contributed by atoms with E-state index in [1.54, 1.807) is 18.3 Å². The summed E-state index contributed by atoms with van der Waals surface area (Å²) in [7, 11) is 0. The largest absolute Gasteiger partial charge is 0.392 e. The van der Waals surface area contributed by atoms with E-state index in [0.29, 0.717) is 11.6 Å². The molecule has 1 aromatic carbocycles. The van der Waals surface area contributed by atoms with Crippen molar-refractivity contribution < 1.29 is 14.3 Å². The van der Waals surface area contributed by atoms with Crippen molar-refractivity contribution in [2.45, 2.75) is 31.9 Å². The number of benzene rings is 1. The Morgan fingerprint density at radius 1 is 1.36 bits per heavy atom. The summed E-state index contributed by atoms with van der Waals surface area (Å²) in [5.74, 6) is 0.357. The molecule has 2 aromatic rings. The summed E-state index contributed by atoms with van der Waals surface area (Å²) in [6.07, 6.45) is 3.74. The van der Waals surface area contributed by atoms with Gasteiger partial charge in [0.1, 0.15) is 17.3 Å². The normalized spacial score (nSPS) is 13.9. The van der Waals surface area contributed by atoms with Crippen LogP contribution in [0.4, 0.5) is 4.39 Å². The Balaban J connectivity index is 1.65. The van der Waals surface area contributed by atoms with E-state index in [4.69, 9.17) is 5.11 Å². The van der Waals surface area contributed by atoms with Crippen LogP contribution in [0.5, 0.6) is 0 Å². The smallest absolute Gasteiger partial charge is 0.270 e. The lowest BCUT2D eigenvalue weighted by atomic mass is 10.1. The first-order valence-corrected chi connectivity index (χ1v) is 7.16. The van der Waals surface area contributed by atoms with E-state index in [0.717, 1.165) is 24.2 Å². The minimum Gasteiger partial charge on any atom is -0.392 e. The monoisotopic (exact) mass is 301 g/mol. The zero-order chi connectivity index (χ0) is 15.5. The van der Waals surface area contributed by atoms with Crippen molar-refractivity contribution in [3.8, 4) is 0 Å². The van der Waals surface area contributed by atoms with Crippen LogP contribution < -0.4 is 5.32 Å². The molecule has 1 aliphatic carbocycles. The SMILES string of the molecule is O=C(NCc1ccc(F)c(CO)c1)c1ccnc(C2CC2)n1. The van der Waals surface area contributed by atoms with Crippen LogP contribution >= 0.6 is 0 Å². The van der Waals surface area contributed by atoms with Gasteiger partial charge in [-0.2, -0.15) is 0 Å². The van der Waals surface area contributed by atoms with Crippen molar-refractivity contribution in [2.75, 3.05) is 0 Å². The summed E-state index contributed by atoms with van der Waals surface area (Å²) in [5.41, 5.74) is 1.27. The van der Waals surface area contributed by atoms with Crippen LogP contribution in [0, 0.1) is 5.82 Å². The van der Waals surface area contributed by atoms with E-state index in [1.165, 1.54) is 12.1 Å². The number of amides is 1. The van der Waals surface area contributed by atoms with Crippen LogP contribution in [0.3, 0.4) is 0 Å². The second-order valence-electron chi connectivity index (χ2n) is 5.34. The summed E-state index contributed by atoms with van der Waals surface area (Å²) in [6, 6.07) is 5.96. The Morgan fingerprint density at radius 3 is 2.91 bits per heavy atom. The van der Waals surface area contributed by atoms with Crippen LogP contribution in [-0.2, 0) is 13.2 Å². The predicted octanol–water partition coefficient (Wildman–Crippen LogP) is 1.92. The lowest BCUT2D eigenvalue weighted by molar-refractivity contribution is 0.0945. The maximum atomic E-state index is 13.3. The number of aliphatic hydroxyl groups excluding tert-OH is 1. The van der Waals surface area contributed by atoms with Gasteiger partial charge in [-0.1, -0.05) is 6.07 Å². The molecule has 5 nitrogen and oxygen atoms in total. The summed E-state index contributed by atoms with van der Waals surface area (Å²) < 4.78 is 13.3. The number of carbonyl (C=O) groups excluding carboxylic acids is 1. The molecule has 0 aliphatic heterocycles. The van der Waals surface area contributed by atoms with Crippen molar-refractivity contribution in [1.82, 2.24) is 15.3 Å². The van der Waals surface area contributed by atoms with Crippen LogP contribution in [0.2, 0.25) is 0 Å². The second kappa shape index (κ2) is 6.19. The average molecular weight is 301 g/mol. The molecule has 0 unspecified atom stereocenters. The Hall–Kier alpha value is -2.34. The molecule has 114 valence electrons. The maximum Gasteiger partial charge on any atom is 0.270 e. The molecule has 1 saturated carbocycles. The van der Waals surface area contributed by atoms with Crippen LogP contribution in [-0.4, -0.2) is 21.0 Å². The zero-order valence-electron chi connectivity index (χ0n) is 11.9. The van der Waals surface area contributed by atoms with Gasteiger partial charge in [-0.25, -0.2) is 14.4 Å². The van der Waals surface area contributed by atoms with Crippen LogP contribution in [0.25, 0.3) is 0 Å². The van der Waals surface area contributed by atoms with Gasteiger partial charge in [0.25, 0.3) is 5.91 Å². The Labute approximate surface area is 127 Å². The number of nitrogens with zero attached hydrogens (tertiary/aromatic N) is 2. The van der Waals surface area contributed by atoms with Crippen molar-refractivity contribution >= 4 is 5.91 Å². The highest BCUT2D eigenvalue weighted by Gasteiger charge is 2.27. The van der Waals surface area contributed by atoms with Gasteiger partial charge in [-0.3, -0.25) is 4.79 Å². The van der Waals surface area contributed by atoms with Crippen LogP contribution in [0.15, 0.2) is 30.5 Å². The van der Waals surface area contributed by atoms with Crippen LogP contribution in [0.1, 0.15) is 46.2 Å². The zero-order valence-corrected chi connectivity index (χ0v) is 11.9. The molecule has 0 radical (unpaired) electrons. The fraction of sp³-hybridized carbons (Fsp3) is 0.312. The third-order valence-electron chi connectivity index (χ3n) is 3.58. The molecule has 0 atom stereocenters. The highest BCUT2D eigenvalue weighted by atomic mass is 19.1. The highest BCUT2D eigenvalue weighted by molar-refractivity contribution is 5.92. The van der Waals surface area contributed by atoms with Gasteiger partial charge in [0, 0.05) is 24.2 Å². The summed E-state index contributed by atoms with van der Waals surface area (Å²) in [5, 5.41) is 11.8.